The Morgan fingerprint density at radius 1 is 1.29 bits per heavy atom. The van der Waals surface area contributed by atoms with E-state index in [1.807, 2.05) is 37.0 Å². The molecule has 0 saturated heterocycles. The van der Waals surface area contributed by atoms with Gasteiger partial charge in [-0.25, -0.2) is 0 Å². The van der Waals surface area contributed by atoms with E-state index in [9.17, 15) is 0 Å². The number of ether oxygens (including phenoxy) is 3. The lowest BCUT2D eigenvalue weighted by Gasteiger charge is -2.22. The molecule has 1 N–H and O–H groups in total. The third kappa shape index (κ3) is 2.42. The average Bonchev–Trinajstić information content (AvgIpc) is 2.89. The van der Waals surface area contributed by atoms with Gasteiger partial charge in [-0.05, 0) is 24.7 Å². The van der Waals surface area contributed by atoms with Gasteiger partial charge in [-0.2, -0.15) is 5.10 Å². The van der Waals surface area contributed by atoms with Gasteiger partial charge >= 0.3 is 0 Å². The van der Waals surface area contributed by atoms with Gasteiger partial charge in [-0.1, -0.05) is 6.07 Å². The molecule has 1 aromatic carbocycles. The molecule has 0 amide bonds. The van der Waals surface area contributed by atoms with Crippen LogP contribution in [0, 0.1) is 0 Å². The molecule has 0 saturated carbocycles. The van der Waals surface area contributed by atoms with E-state index in [-0.39, 0.29) is 6.04 Å². The molecule has 0 fully saturated rings. The lowest BCUT2D eigenvalue weighted by Crippen LogP contribution is -2.22. The Balaban J connectivity index is 2.02. The number of methoxy groups -OCH3 is 1. The minimum atomic E-state index is -0.0386. The zero-order valence-corrected chi connectivity index (χ0v) is 12.4. The van der Waals surface area contributed by atoms with Crippen LogP contribution in [-0.4, -0.2) is 37.2 Å². The van der Waals surface area contributed by atoms with E-state index in [2.05, 4.69) is 10.4 Å². The summed E-state index contributed by atoms with van der Waals surface area (Å²) in [7, 11) is 5.46. The second-order valence-corrected chi connectivity index (χ2v) is 4.85. The minimum absolute atomic E-state index is 0.0386. The molecule has 6 heteroatoms. The predicted octanol–water partition coefficient (Wildman–Crippen LogP) is 1.51. The number of hydrogen-bond acceptors (Lipinski definition) is 5. The van der Waals surface area contributed by atoms with E-state index in [4.69, 9.17) is 14.2 Å². The molecule has 6 nitrogen and oxygen atoms in total. The first-order chi connectivity index (χ1) is 10.2. The van der Waals surface area contributed by atoms with Crippen molar-refractivity contribution in [2.45, 2.75) is 6.04 Å². The monoisotopic (exact) mass is 289 g/mol. The van der Waals surface area contributed by atoms with Crippen molar-refractivity contribution in [3.8, 4) is 17.2 Å². The van der Waals surface area contributed by atoms with Gasteiger partial charge < -0.3 is 19.5 Å². The molecule has 1 aliphatic heterocycles. The van der Waals surface area contributed by atoms with Gasteiger partial charge in [-0.15, -0.1) is 0 Å². The van der Waals surface area contributed by atoms with E-state index < -0.39 is 0 Å². The molecule has 1 aromatic heterocycles. The normalized spacial score (nSPS) is 14.8. The summed E-state index contributed by atoms with van der Waals surface area (Å²) < 4.78 is 18.4. The zero-order valence-electron chi connectivity index (χ0n) is 12.4. The maximum absolute atomic E-state index is 5.66. The van der Waals surface area contributed by atoms with Gasteiger partial charge in [0, 0.05) is 7.05 Å². The van der Waals surface area contributed by atoms with Crippen molar-refractivity contribution in [3.63, 3.8) is 0 Å². The highest BCUT2D eigenvalue weighted by Crippen LogP contribution is 2.36. The third-order valence-corrected chi connectivity index (χ3v) is 3.63. The summed E-state index contributed by atoms with van der Waals surface area (Å²) >= 11 is 0. The molecule has 2 heterocycles. The largest absolute Gasteiger partial charge is 0.493 e. The zero-order chi connectivity index (χ0) is 14.8. The van der Waals surface area contributed by atoms with Gasteiger partial charge in [0.1, 0.15) is 18.9 Å². The number of aromatic nitrogens is 2. The first-order valence-electron chi connectivity index (χ1n) is 6.87. The lowest BCUT2D eigenvalue weighted by atomic mass is 10.0. The van der Waals surface area contributed by atoms with Crippen molar-refractivity contribution in [1.82, 2.24) is 15.1 Å². The van der Waals surface area contributed by atoms with Crippen molar-refractivity contribution in [1.29, 1.82) is 0 Å². The highest BCUT2D eigenvalue weighted by Gasteiger charge is 2.23. The van der Waals surface area contributed by atoms with Gasteiger partial charge in [0.05, 0.1) is 19.3 Å². The second kappa shape index (κ2) is 5.65. The van der Waals surface area contributed by atoms with Crippen LogP contribution < -0.4 is 19.5 Å². The SMILES string of the molecule is CNC(c1ccc2c(c1)OCCO2)c1c(OC)cnn1C. The molecule has 0 spiro atoms. The fourth-order valence-corrected chi connectivity index (χ4v) is 2.61. The Morgan fingerprint density at radius 3 is 2.76 bits per heavy atom. The Bertz CT molecular complexity index is 639. The first-order valence-corrected chi connectivity index (χ1v) is 6.87. The Morgan fingerprint density at radius 2 is 2.05 bits per heavy atom. The summed E-state index contributed by atoms with van der Waals surface area (Å²) in [6, 6.07) is 5.93. The number of nitrogens with zero attached hydrogens (tertiary/aromatic N) is 2. The van der Waals surface area contributed by atoms with Gasteiger partial charge in [0.25, 0.3) is 0 Å². The van der Waals surface area contributed by atoms with Crippen molar-refractivity contribution in [2.75, 3.05) is 27.4 Å². The van der Waals surface area contributed by atoms with E-state index in [1.165, 1.54) is 0 Å². The van der Waals surface area contributed by atoms with E-state index in [0.717, 1.165) is 28.5 Å². The molecule has 112 valence electrons. The van der Waals surface area contributed by atoms with Crippen LogP contribution in [0.3, 0.4) is 0 Å². The second-order valence-electron chi connectivity index (χ2n) is 4.85. The Kier molecular flexibility index (Phi) is 3.70. The standard InChI is InChI=1S/C15H19N3O3/c1-16-14(15-13(19-3)9-17-18(15)2)10-4-5-11-12(8-10)21-7-6-20-11/h4-5,8-9,14,16H,6-7H2,1-3H3. The summed E-state index contributed by atoms with van der Waals surface area (Å²) in [5.74, 6) is 2.32. The topological polar surface area (TPSA) is 57.5 Å². The van der Waals surface area contributed by atoms with E-state index >= 15 is 0 Å². The number of fused-ring (bicyclic) bond motifs is 1. The summed E-state index contributed by atoms with van der Waals surface area (Å²) in [5, 5.41) is 7.57. The van der Waals surface area contributed by atoms with Crippen molar-refractivity contribution < 1.29 is 14.2 Å². The lowest BCUT2D eigenvalue weighted by molar-refractivity contribution is 0.171. The van der Waals surface area contributed by atoms with Crippen LogP contribution in [0.1, 0.15) is 17.3 Å². The fourth-order valence-electron chi connectivity index (χ4n) is 2.61. The van der Waals surface area contributed by atoms with Crippen molar-refractivity contribution in [2.24, 2.45) is 7.05 Å². The van der Waals surface area contributed by atoms with Gasteiger partial charge in [0.15, 0.2) is 17.2 Å². The number of benzene rings is 1. The molecular weight excluding hydrogens is 270 g/mol. The summed E-state index contributed by atoms with van der Waals surface area (Å²) in [6.45, 7) is 1.17. The van der Waals surface area contributed by atoms with Crippen LogP contribution >= 0.6 is 0 Å². The Hall–Kier alpha value is -2.21. The number of aryl methyl sites for hydroxylation is 1. The molecule has 1 atom stereocenters. The Labute approximate surface area is 123 Å². The van der Waals surface area contributed by atoms with Crippen molar-refractivity contribution >= 4 is 0 Å². The highest BCUT2D eigenvalue weighted by molar-refractivity contribution is 5.47. The number of nitrogens with one attached hydrogen (secondary N) is 1. The maximum atomic E-state index is 5.66. The van der Waals surface area contributed by atoms with Gasteiger partial charge in [0.2, 0.25) is 0 Å². The fraction of sp³-hybridized carbons (Fsp3) is 0.400. The quantitative estimate of drug-likeness (QED) is 0.924. The van der Waals surface area contributed by atoms with Crippen LogP contribution in [-0.2, 0) is 7.05 Å². The summed E-state index contributed by atoms with van der Waals surface area (Å²) in [6.07, 6.45) is 1.72. The molecule has 1 aliphatic rings. The minimum Gasteiger partial charge on any atom is -0.493 e. The smallest absolute Gasteiger partial charge is 0.161 e. The first kappa shape index (κ1) is 13.8. The van der Waals surface area contributed by atoms with E-state index in [0.29, 0.717) is 13.2 Å². The summed E-state index contributed by atoms with van der Waals surface area (Å²) in [4.78, 5) is 0. The maximum Gasteiger partial charge on any atom is 0.161 e. The van der Waals surface area contributed by atoms with Crippen LogP contribution in [0.15, 0.2) is 24.4 Å². The average molecular weight is 289 g/mol. The predicted molar refractivity (Wildman–Crippen MR) is 78.1 cm³/mol. The molecule has 21 heavy (non-hydrogen) atoms. The number of rotatable bonds is 4. The van der Waals surface area contributed by atoms with Crippen LogP contribution in [0.25, 0.3) is 0 Å². The summed E-state index contributed by atoms with van der Waals surface area (Å²) in [5.41, 5.74) is 2.04. The van der Waals surface area contributed by atoms with Gasteiger partial charge in [-0.3, -0.25) is 4.68 Å². The molecule has 0 aliphatic carbocycles. The molecule has 1 unspecified atom stereocenters. The molecule has 3 rings (SSSR count). The van der Waals surface area contributed by atoms with Crippen LogP contribution in [0.5, 0.6) is 17.2 Å². The van der Waals surface area contributed by atoms with Crippen LogP contribution in [0.4, 0.5) is 0 Å². The highest BCUT2D eigenvalue weighted by atomic mass is 16.6. The molecule has 0 radical (unpaired) electrons. The van der Waals surface area contributed by atoms with Crippen LogP contribution in [0.2, 0.25) is 0 Å². The van der Waals surface area contributed by atoms with Crippen molar-refractivity contribution in [3.05, 3.63) is 35.7 Å². The number of hydrogen-bond donors (Lipinski definition) is 1. The molecule has 0 bridgehead atoms. The third-order valence-electron chi connectivity index (χ3n) is 3.63. The van der Waals surface area contributed by atoms with E-state index in [1.54, 1.807) is 13.3 Å². The molecule has 2 aromatic rings. The molecular formula is C15H19N3O3.